The first kappa shape index (κ1) is 29.0. The summed E-state index contributed by atoms with van der Waals surface area (Å²) in [4.78, 5) is 0. The Bertz CT molecular complexity index is 1590. The number of unbranched alkanes of at least 4 members (excludes halogenated alkanes) is 1. The highest BCUT2D eigenvalue weighted by Gasteiger charge is 2.32. The highest BCUT2D eigenvalue weighted by atomic mass is 16.3. The summed E-state index contributed by atoms with van der Waals surface area (Å²) in [5.74, 6) is 0.564. The molecular weight excluding hydrogens is 536 g/mol. The van der Waals surface area contributed by atoms with Crippen LogP contribution in [0.5, 0.6) is 11.5 Å². The Kier molecular flexibility index (Phi) is 8.34. The number of phenolic OH excluding ortho intramolecular Hbond substituents is 2. The van der Waals surface area contributed by atoms with Gasteiger partial charge in [-0.05, 0) is 64.1 Å². The molecule has 0 spiro atoms. The quantitative estimate of drug-likeness (QED) is 0.180. The van der Waals surface area contributed by atoms with Crippen LogP contribution in [-0.4, -0.2) is 10.2 Å². The Balaban J connectivity index is 1.65. The minimum Gasteiger partial charge on any atom is -0.507 e. The molecule has 2 nitrogen and oxygen atoms in total. The third-order valence-corrected chi connectivity index (χ3v) is 8.86. The number of rotatable bonds is 9. The summed E-state index contributed by atoms with van der Waals surface area (Å²) in [7, 11) is 0. The molecule has 218 valence electrons. The van der Waals surface area contributed by atoms with Crippen molar-refractivity contribution in [1.82, 2.24) is 0 Å². The first-order valence-corrected chi connectivity index (χ1v) is 15.5. The van der Waals surface area contributed by atoms with Crippen LogP contribution in [-0.2, 0) is 5.41 Å². The van der Waals surface area contributed by atoms with E-state index in [4.69, 9.17) is 0 Å². The van der Waals surface area contributed by atoms with E-state index >= 15 is 0 Å². The summed E-state index contributed by atoms with van der Waals surface area (Å²) in [6.07, 6.45) is 2.99. The van der Waals surface area contributed by atoms with Gasteiger partial charge in [-0.15, -0.1) is 0 Å². The SMILES string of the molecule is CCCCC(C)(c1cc(-c2ccccc2)c(O)c(-c2ccccc2)c1)c1cc(-c2ccccc2)c(O)c(-c2ccccc2)c1. The number of hydrogen-bond donors (Lipinski definition) is 2. The van der Waals surface area contributed by atoms with Gasteiger partial charge in [0.05, 0.1) is 0 Å². The molecule has 0 saturated heterocycles. The lowest BCUT2D eigenvalue weighted by Gasteiger charge is -2.34. The van der Waals surface area contributed by atoms with Crippen molar-refractivity contribution in [3.8, 4) is 56.0 Å². The fourth-order valence-electron chi connectivity index (χ4n) is 6.24. The topological polar surface area (TPSA) is 40.5 Å². The van der Waals surface area contributed by atoms with Crippen LogP contribution in [0.15, 0.2) is 146 Å². The van der Waals surface area contributed by atoms with E-state index in [-0.39, 0.29) is 11.5 Å². The standard InChI is InChI=1S/C42H38O2/c1-3-4-25-42(2,34-26-36(30-17-9-5-10-18-30)40(43)37(27-34)31-19-11-6-12-20-31)35-28-38(32-21-13-7-14-22-32)41(44)39(29-35)33-23-15-8-16-24-33/h5-24,26-29,43-44H,3-4,25H2,1-2H3. The van der Waals surface area contributed by atoms with E-state index < -0.39 is 5.41 Å². The van der Waals surface area contributed by atoms with Gasteiger partial charge in [-0.25, -0.2) is 0 Å². The Labute approximate surface area is 260 Å². The van der Waals surface area contributed by atoms with Gasteiger partial charge in [0.2, 0.25) is 0 Å². The van der Waals surface area contributed by atoms with Gasteiger partial charge < -0.3 is 10.2 Å². The molecule has 0 aliphatic heterocycles. The van der Waals surface area contributed by atoms with Crippen molar-refractivity contribution < 1.29 is 10.2 Å². The average Bonchev–Trinajstić information content (AvgIpc) is 3.09. The summed E-state index contributed by atoms with van der Waals surface area (Å²) >= 11 is 0. The van der Waals surface area contributed by atoms with Crippen molar-refractivity contribution >= 4 is 0 Å². The van der Waals surface area contributed by atoms with Crippen LogP contribution in [0, 0.1) is 0 Å². The molecule has 2 heteroatoms. The van der Waals surface area contributed by atoms with Crippen LogP contribution in [0.25, 0.3) is 44.5 Å². The molecule has 0 aliphatic carbocycles. The molecule has 2 N–H and O–H groups in total. The Morgan fingerprint density at radius 1 is 0.455 bits per heavy atom. The third kappa shape index (κ3) is 5.64. The first-order valence-electron chi connectivity index (χ1n) is 15.5. The number of aromatic hydroxyl groups is 2. The lowest BCUT2D eigenvalue weighted by Crippen LogP contribution is -2.24. The van der Waals surface area contributed by atoms with Crippen molar-refractivity contribution in [2.24, 2.45) is 0 Å². The fraction of sp³-hybridized carbons (Fsp3) is 0.143. The zero-order valence-corrected chi connectivity index (χ0v) is 25.4. The summed E-state index contributed by atoms with van der Waals surface area (Å²) < 4.78 is 0. The second-order valence-corrected chi connectivity index (χ2v) is 11.7. The molecule has 0 aromatic heterocycles. The maximum atomic E-state index is 11.7. The third-order valence-electron chi connectivity index (χ3n) is 8.86. The van der Waals surface area contributed by atoms with Gasteiger partial charge in [0, 0.05) is 27.7 Å². The van der Waals surface area contributed by atoms with E-state index in [0.29, 0.717) is 0 Å². The first-order chi connectivity index (χ1) is 21.5. The highest BCUT2D eigenvalue weighted by molar-refractivity contribution is 5.85. The molecule has 0 saturated carbocycles. The van der Waals surface area contributed by atoms with Crippen molar-refractivity contribution in [3.05, 3.63) is 157 Å². The predicted molar refractivity (Wildman–Crippen MR) is 184 cm³/mol. The second kappa shape index (κ2) is 12.7. The normalized spacial score (nSPS) is 11.4. The molecule has 0 atom stereocenters. The molecule has 6 aromatic rings. The molecule has 6 rings (SSSR count). The predicted octanol–water partition coefficient (Wildman–Crippen LogP) is 11.3. The Morgan fingerprint density at radius 3 is 0.977 bits per heavy atom. The van der Waals surface area contributed by atoms with Gasteiger partial charge in [-0.2, -0.15) is 0 Å². The van der Waals surface area contributed by atoms with E-state index in [1.807, 2.05) is 72.8 Å². The number of phenols is 2. The maximum absolute atomic E-state index is 11.7. The Morgan fingerprint density at radius 2 is 0.727 bits per heavy atom. The van der Waals surface area contributed by atoms with Crippen LogP contribution in [0.2, 0.25) is 0 Å². The van der Waals surface area contributed by atoms with E-state index in [2.05, 4.69) is 86.6 Å². The molecule has 0 unspecified atom stereocenters. The van der Waals surface area contributed by atoms with E-state index in [1.165, 1.54) is 0 Å². The van der Waals surface area contributed by atoms with Gasteiger partial charge in [0.15, 0.2) is 0 Å². The van der Waals surface area contributed by atoms with Crippen molar-refractivity contribution in [3.63, 3.8) is 0 Å². The highest BCUT2D eigenvalue weighted by Crippen LogP contribution is 2.48. The van der Waals surface area contributed by atoms with Gasteiger partial charge in [-0.3, -0.25) is 0 Å². The van der Waals surface area contributed by atoms with Gasteiger partial charge >= 0.3 is 0 Å². The van der Waals surface area contributed by atoms with Crippen molar-refractivity contribution in [1.29, 1.82) is 0 Å². The number of hydrogen-bond acceptors (Lipinski definition) is 2. The zero-order valence-electron chi connectivity index (χ0n) is 25.4. The van der Waals surface area contributed by atoms with Gasteiger partial charge in [0.1, 0.15) is 11.5 Å². The molecule has 0 aliphatic rings. The van der Waals surface area contributed by atoms with Crippen LogP contribution in [0.4, 0.5) is 0 Å². The van der Waals surface area contributed by atoms with E-state index in [0.717, 1.165) is 74.9 Å². The molecule has 0 amide bonds. The minimum absolute atomic E-state index is 0.282. The Hall–Kier alpha value is -5.08. The number of benzene rings is 6. The van der Waals surface area contributed by atoms with Crippen LogP contribution >= 0.6 is 0 Å². The van der Waals surface area contributed by atoms with E-state index in [1.54, 1.807) is 0 Å². The average molecular weight is 575 g/mol. The lowest BCUT2D eigenvalue weighted by molar-refractivity contribution is 0.471. The van der Waals surface area contributed by atoms with E-state index in [9.17, 15) is 10.2 Å². The molecule has 0 fully saturated rings. The van der Waals surface area contributed by atoms with Gasteiger partial charge in [0.25, 0.3) is 0 Å². The van der Waals surface area contributed by atoms with Crippen molar-refractivity contribution in [2.45, 2.75) is 38.5 Å². The fourth-order valence-corrected chi connectivity index (χ4v) is 6.24. The molecule has 0 bridgehead atoms. The monoisotopic (exact) mass is 574 g/mol. The van der Waals surface area contributed by atoms with Crippen molar-refractivity contribution in [2.75, 3.05) is 0 Å². The second-order valence-electron chi connectivity index (χ2n) is 11.7. The molecular formula is C42H38O2. The van der Waals surface area contributed by atoms with Gasteiger partial charge in [-0.1, -0.05) is 148 Å². The van der Waals surface area contributed by atoms with Crippen LogP contribution in [0.1, 0.15) is 44.2 Å². The molecule has 0 radical (unpaired) electrons. The summed E-state index contributed by atoms with van der Waals surface area (Å²) in [5, 5.41) is 23.4. The lowest BCUT2D eigenvalue weighted by atomic mass is 9.70. The molecule has 0 heterocycles. The molecule has 44 heavy (non-hydrogen) atoms. The summed E-state index contributed by atoms with van der Waals surface area (Å²) in [5.41, 5.74) is 9.00. The largest absolute Gasteiger partial charge is 0.507 e. The molecule has 6 aromatic carbocycles. The maximum Gasteiger partial charge on any atom is 0.131 e. The zero-order chi connectivity index (χ0) is 30.5. The van der Waals surface area contributed by atoms with Crippen LogP contribution < -0.4 is 0 Å². The smallest absolute Gasteiger partial charge is 0.131 e. The summed E-state index contributed by atoms with van der Waals surface area (Å²) in [6.45, 7) is 4.54. The minimum atomic E-state index is -0.419. The van der Waals surface area contributed by atoms with Crippen LogP contribution in [0.3, 0.4) is 0 Å². The summed E-state index contributed by atoms with van der Waals surface area (Å²) in [6, 6.07) is 49.2.